The van der Waals surface area contributed by atoms with Crippen molar-refractivity contribution in [2.75, 3.05) is 6.61 Å². The predicted molar refractivity (Wildman–Crippen MR) is 64.0 cm³/mol. The number of carboxylic acids is 1. The molecule has 22 heavy (non-hydrogen) atoms. The van der Waals surface area contributed by atoms with E-state index in [0.29, 0.717) is 0 Å². The minimum absolute atomic E-state index is 0.808. The number of aliphatic hydroxyl groups excluding tert-OH is 4. The highest BCUT2D eigenvalue weighted by Gasteiger charge is 2.62. The van der Waals surface area contributed by atoms with E-state index in [1.165, 1.54) is 0 Å². The fourth-order valence-electron chi connectivity index (χ4n) is 2.11. The van der Waals surface area contributed by atoms with Crippen LogP contribution in [0.5, 0.6) is 0 Å². The van der Waals surface area contributed by atoms with Crippen LogP contribution in [0.3, 0.4) is 0 Å². The molecule has 9 nitrogen and oxygen atoms in total. The molecule has 6 N–H and O–H groups in total. The normalized spacial score (nSPS) is 38.1. The van der Waals surface area contributed by atoms with Crippen molar-refractivity contribution >= 4 is 11.9 Å². The van der Waals surface area contributed by atoms with Crippen molar-refractivity contribution < 1.29 is 48.6 Å². The molecule has 0 aromatic heterocycles. The summed E-state index contributed by atoms with van der Waals surface area (Å²) in [6, 6.07) is -1.74. The molecule has 1 heterocycles. The van der Waals surface area contributed by atoms with Crippen molar-refractivity contribution in [1.29, 1.82) is 0 Å². The van der Waals surface area contributed by atoms with Crippen LogP contribution in [0.4, 0.5) is 8.78 Å². The Morgan fingerprint density at radius 1 is 1.41 bits per heavy atom. The Morgan fingerprint density at radius 3 is 2.36 bits per heavy atom. The van der Waals surface area contributed by atoms with E-state index in [2.05, 4.69) is 4.74 Å². The van der Waals surface area contributed by atoms with Crippen LogP contribution in [0.15, 0.2) is 0 Å². The number of carboxylic acid groups (broad SMARTS) is 1. The van der Waals surface area contributed by atoms with Crippen LogP contribution in [0.25, 0.3) is 0 Å². The van der Waals surface area contributed by atoms with E-state index >= 15 is 0 Å². The predicted octanol–water partition coefficient (Wildman–Crippen LogP) is -2.95. The van der Waals surface area contributed by atoms with Crippen molar-refractivity contribution in [2.45, 2.75) is 49.4 Å². The van der Waals surface area contributed by atoms with Gasteiger partial charge in [0.1, 0.15) is 24.4 Å². The first-order chi connectivity index (χ1) is 10.1. The first-order valence-corrected chi connectivity index (χ1v) is 6.22. The van der Waals surface area contributed by atoms with Gasteiger partial charge in [-0.15, -0.1) is 0 Å². The molecule has 0 unspecified atom stereocenters. The summed E-state index contributed by atoms with van der Waals surface area (Å²) in [7, 11) is 0. The molecule has 1 rings (SSSR count). The van der Waals surface area contributed by atoms with E-state index in [1.54, 1.807) is 0 Å². The molecule has 7 atom stereocenters. The number of rotatable bonds is 5. The maximum Gasteiger partial charge on any atom is 0.372 e. The highest BCUT2D eigenvalue weighted by Crippen LogP contribution is 2.35. The summed E-state index contributed by atoms with van der Waals surface area (Å²) in [5.41, 5.74) is 0. The lowest BCUT2D eigenvalue weighted by atomic mass is 9.88. The molecule has 0 aromatic carbocycles. The summed E-state index contributed by atoms with van der Waals surface area (Å²) in [5.74, 6) is -7.19. The van der Waals surface area contributed by atoms with Gasteiger partial charge >= 0.3 is 11.8 Å². The van der Waals surface area contributed by atoms with Crippen LogP contribution in [0.2, 0.25) is 0 Å². The Morgan fingerprint density at radius 2 is 1.95 bits per heavy atom. The summed E-state index contributed by atoms with van der Waals surface area (Å²) in [4.78, 5) is 21.9. The maximum atomic E-state index is 14.1. The molecule has 1 amide bonds. The summed E-state index contributed by atoms with van der Waals surface area (Å²) < 4.78 is 32.3. The highest BCUT2D eigenvalue weighted by atomic mass is 19.2. The third-order valence-corrected chi connectivity index (χ3v) is 3.26. The molecule has 1 aliphatic heterocycles. The number of carbonyl (C=O) groups is 2. The molecule has 0 aliphatic carbocycles. The number of aliphatic carboxylic acids is 1. The molecule has 128 valence electrons. The third kappa shape index (κ3) is 3.33. The van der Waals surface area contributed by atoms with Gasteiger partial charge in [0.15, 0.2) is 6.17 Å². The molecule has 1 fully saturated rings. The number of alkyl halides is 2. The van der Waals surface area contributed by atoms with Gasteiger partial charge < -0.3 is 35.6 Å². The zero-order chi connectivity index (χ0) is 17.2. The average molecular weight is 329 g/mol. The van der Waals surface area contributed by atoms with Crippen molar-refractivity contribution in [3.63, 3.8) is 0 Å². The van der Waals surface area contributed by atoms with E-state index in [-0.39, 0.29) is 0 Å². The summed E-state index contributed by atoms with van der Waals surface area (Å²) in [5, 5.41) is 48.3. The minimum atomic E-state index is -3.99. The van der Waals surface area contributed by atoms with Gasteiger partial charge in [0.05, 0.1) is 12.6 Å². The Kier molecular flexibility index (Phi) is 5.76. The van der Waals surface area contributed by atoms with Crippen molar-refractivity contribution in [3.8, 4) is 0 Å². The van der Waals surface area contributed by atoms with Gasteiger partial charge in [-0.3, -0.25) is 4.79 Å². The van der Waals surface area contributed by atoms with Gasteiger partial charge in [0, 0.05) is 6.92 Å². The number of nitrogens with one attached hydrogen (secondary N) is 1. The van der Waals surface area contributed by atoms with Crippen molar-refractivity contribution in [1.82, 2.24) is 5.32 Å². The van der Waals surface area contributed by atoms with Crippen molar-refractivity contribution in [2.24, 2.45) is 0 Å². The molecular weight excluding hydrogens is 312 g/mol. The molecule has 0 bridgehead atoms. The SMILES string of the molecule is CC(=O)N[C@@H]1[C@@H](O)[C@H](F)[C@@](F)(C(=O)O)O[C@H]1[C@H](O)[C@H](O)CO. The van der Waals surface area contributed by atoms with Crippen LogP contribution < -0.4 is 5.32 Å². The topological polar surface area (TPSA) is 157 Å². The van der Waals surface area contributed by atoms with Gasteiger partial charge in [0.2, 0.25) is 5.91 Å². The number of ether oxygens (including phenoxy) is 1. The van der Waals surface area contributed by atoms with Crippen LogP contribution in [-0.4, -0.2) is 86.5 Å². The zero-order valence-electron chi connectivity index (χ0n) is 11.4. The van der Waals surface area contributed by atoms with Gasteiger partial charge in [-0.1, -0.05) is 0 Å². The van der Waals surface area contributed by atoms with E-state index in [9.17, 15) is 33.7 Å². The van der Waals surface area contributed by atoms with Crippen LogP contribution in [0.1, 0.15) is 6.92 Å². The Hall–Kier alpha value is -1.40. The maximum absolute atomic E-state index is 14.1. The molecular formula is C11H17F2NO8. The number of hydrogen-bond donors (Lipinski definition) is 6. The molecule has 1 aliphatic rings. The lowest BCUT2D eigenvalue weighted by Gasteiger charge is -2.45. The number of halogens is 2. The van der Waals surface area contributed by atoms with Crippen LogP contribution >= 0.6 is 0 Å². The third-order valence-electron chi connectivity index (χ3n) is 3.26. The lowest BCUT2D eigenvalue weighted by Crippen LogP contribution is -2.71. The summed E-state index contributed by atoms with van der Waals surface area (Å²) >= 11 is 0. The second-order valence-electron chi connectivity index (χ2n) is 4.89. The van der Waals surface area contributed by atoms with Gasteiger partial charge in [-0.2, -0.15) is 4.39 Å². The molecule has 1 saturated heterocycles. The lowest BCUT2D eigenvalue weighted by molar-refractivity contribution is -0.293. The number of aliphatic hydroxyl groups is 4. The Bertz CT molecular complexity index is 438. The Balaban J connectivity index is 3.19. The van der Waals surface area contributed by atoms with E-state index in [0.717, 1.165) is 6.92 Å². The number of carbonyl (C=O) groups excluding carboxylic acids is 1. The first-order valence-electron chi connectivity index (χ1n) is 6.22. The zero-order valence-corrected chi connectivity index (χ0v) is 11.4. The smallest absolute Gasteiger partial charge is 0.372 e. The molecule has 0 aromatic rings. The average Bonchev–Trinajstić information content (AvgIpc) is 2.45. The molecule has 0 spiro atoms. The van der Waals surface area contributed by atoms with Gasteiger partial charge in [-0.25, -0.2) is 9.18 Å². The van der Waals surface area contributed by atoms with Gasteiger partial charge in [-0.05, 0) is 0 Å². The quantitative estimate of drug-likeness (QED) is 0.313. The van der Waals surface area contributed by atoms with Crippen molar-refractivity contribution in [3.05, 3.63) is 0 Å². The standard InChI is InChI=1S/C11H17F2NO8/c1-3(16)14-5-7(19)9(12)11(13,10(20)21)22-8(5)6(18)4(17)2-15/h4-9,15,17-19H,2H2,1H3,(H,14,16)(H,20,21)/t4-,5-,6-,7-,8-,9+,11+/m1/s1. The summed E-state index contributed by atoms with van der Waals surface area (Å²) in [6.07, 6.45) is -11.4. The number of amides is 1. The van der Waals surface area contributed by atoms with E-state index < -0.39 is 61.0 Å². The first kappa shape index (κ1) is 18.6. The monoisotopic (exact) mass is 329 g/mol. The Labute approximate surface area is 123 Å². The summed E-state index contributed by atoms with van der Waals surface area (Å²) in [6.45, 7) is -0.0321. The minimum Gasteiger partial charge on any atom is -0.477 e. The molecule has 0 radical (unpaired) electrons. The largest absolute Gasteiger partial charge is 0.477 e. The fourth-order valence-corrected chi connectivity index (χ4v) is 2.11. The van der Waals surface area contributed by atoms with Crippen LogP contribution in [-0.2, 0) is 14.3 Å². The highest BCUT2D eigenvalue weighted by molar-refractivity contribution is 5.77. The number of hydrogen-bond acceptors (Lipinski definition) is 7. The fraction of sp³-hybridized carbons (Fsp3) is 0.818. The van der Waals surface area contributed by atoms with Crippen LogP contribution in [0, 0.1) is 0 Å². The second kappa shape index (κ2) is 6.79. The van der Waals surface area contributed by atoms with Gasteiger partial charge in [0.25, 0.3) is 0 Å². The second-order valence-corrected chi connectivity index (χ2v) is 4.89. The molecule has 11 heteroatoms. The van der Waals surface area contributed by atoms with E-state index in [1.807, 2.05) is 5.32 Å². The molecule has 0 saturated carbocycles. The van der Waals surface area contributed by atoms with E-state index in [4.69, 9.17) is 10.2 Å².